The lowest BCUT2D eigenvalue weighted by atomic mass is 10.2. The Morgan fingerprint density at radius 1 is 1.29 bits per heavy atom. The van der Waals surface area contributed by atoms with Gasteiger partial charge in [-0.1, -0.05) is 11.6 Å². The Bertz CT molecular complexity index is 631. The standard InChI is InChI=1S/C14H20ClN3O2S/c1-21(19,20)17-10-2-5-13(15)14(8-10)16-11-6-7-18(9-11)12-3-4-12/h2,5,8,11-12,16-17H,3-4,6-7,9H2,1H3. The van der Waals surface area contributed by atoms with Gasteiger partial charge in [-0.05, 0) is 37.5 Å². The lowest BCUT2D eigenvalue weighted by Crippen LogP contribution is -2.27. The molecule has 2 fully saturated rings. The van der Waals surface area contributed by atoms with Crippen molar-refractivity contribution in [2.45, 2.75) is 31.3 Å². The number of anilines is 2. The van der Waals surface area contributed by atoms with E-state index in [-0.39, 0.29) is 0 Å². The lowest BCUT2D eigenvalue weighted by molar-refractivity contribution is 0.326. The van der Waals surface area contributed by atoms with Crippen LogP contribution < -0.4 is 10.0 Å². The summed E-state index contributed by atoms with van der Waals surface area (Å²) in [6.07, 6.45) is 4.87. The fourth-order valence-electron chi connectivity index (χ4n) is 2.81. The van der Waals surface area contributed by atoms with Gasteiger partial charge < -0.3 is 5.32 Å². The summed E-state index contributed by atoms with van der Waals surface area (Å²) in [5.41, 5.74) is 1.31. The van der Waals surface area contributed by atoms with Crippen molar-refractivity contribution in [3.8, 4) is 0 Å². The third kappa shape index (κ3) is 4.02. The van der Waals surface area contributed by atoms with E-state index in [0.717, 1.165) is 37.5 Å². The van der Waals surface area contributed by atoms with Crippen molar-refractivity contribution in [3.05, 3.63) is 23.2 Å². The number of hydrogen-bond acceptors (Lipinski definition) is 4. The maximum absolute atomic E-state index is 11.3. The maximum atomic E-state index is 11.3. The number of hydrogen-bond donors (Lipinski definition) is 2. The molecule has 1 aromatic carbocycles. The Hall–Kier alpha value is -0.980. The second-order valence-corrected chi connectivity index (χ2v) is 8.08. The Balaban J connectivity index is 1.68. The van der Waals surface area contributed by atoms with Gasteiger partial charge in [0.2, 0.25) is 10.0 Å². The van der Waals surface area contributed by atoms with Crippen molar-refractivity contribution < 1.29 is 8.42 Å². The van der Waals surface area contributed by atoms with Gasteiger partial charge in [0.15, 0.2) is 0 Å². The van der Waals surface area contributed by atoms with Crippen LogP contribution in [-0.2, 0) is 10.0 Å². The van der Waals surface area contributed by atoms with Gasteiger partial charge in [-0.2, -0.15) is 0 Å². The van der Waals surface area contributed by atoms with Crippen LogP contribution in [0.5, 0.6) is 0 Å². The summed E-state index contributed by atoms with van der Waals surface area (Å²) in [6, 6.07) is 6.29. The first kappa shape index (κ1) is 14.9. The summed E-state index contributed by atoms with van der Waals surface area (Å²) in [5, 5.41) is 4.05. The van der Waals surface area contributed by atoms with Gasteiger partial charge in [0.05, 0.1) is 22.7 Å². The van der Waals surface area contributed by atoms with E-state index in [9.17, 15) is 8.42 Å². The van der Waals surface area contributed by atoms with Crippen LogP contribution in [0, 0.1) is 0 Å². The molecular formula is C14H20ClN3O2S. The highest BCUT2D eigenvalue weighted by molar-refractivity contribution is 7.92. The molecule has 1 unspecified atom stereocenters. The number of benzene rings is 1. The second kappa shape index (κ2) is 5.66. The minimum absolute atomic E-state index is 0.372. The Morgan fingerprint density at radius 2 is 2.05 bits per heavy atom. The van der Waals surface area contributed by atoms with Crippen LogP contribution in [0.15, 0.2) is 18.2 Å². The average molecular weight is 330 g/mol. The van der Waals surface area contributed by atoms with Gasteiger partial charge in [0, 0.05) is 25.2 Å². The van der Waals surface area contributed by atoms with Gasteiger partial charge in [0.25, 0.3) is 0 Å². The normalized spacial score (nSPS) is 23.2. The van der Waals surface area contributed by atoms with Crippen LogP contribution in [0.3, 0.4) is 0 Å². The molecule has 7 heteroatoms. The predicted molar refractivity (Wildman–Crippen MR) is 86.5 cm³/mol. The van der Waals surface area contributed by atoms with E-state index in [2.05, 4.69) is 14.9 Å². The van der Waals surface area contributed by atoms with Gasteiger partial charge in [-0.25, -0.2) is 8.42 Å². The predicted octanol–water partition coefficient (Wildman–Crippen LogP) is 2.36. The zero-order valence-corrected chi connectivity index (χ0v) is 13.5. The number of nitrogens with one attached hydrogen (secondary N) is 2. The molecule has 21 heavy (non-hydrogen) atoms. The minimum atomic E-state index is -3.27. The molecule has 1 saturated heterocycles. The number of rotatable bonds is 5. The Morgan fingerprint density at radius 3 is 2.71 bits per heavy atom. The zero-order valence-electron chi connectivity index (χ0n) is 12.0. The third-order valence-corrected chi connectivity index (χ3v) is 4.85. The zero-order chi connectivity index (χ0) is 15.0. The first-order valence-corrected chi connectivity index (χ1v) is 9.45. The third-order valence-electron chi connectivity index (χ3n) is 3.91. The first-order valence-electron chi connectivity index (χ1n) is 7.19. The molecule has 0 spiro atoms. The number of nitrogens with zero attached hydrogens (tertiary/aromatic N) is 1. The molecule has 0 amide bonds. The largest absolute Gasteiger partial charge is 0.380 e. The number of likely N-dealkylation sites (tertiary alicyclic amines) is 1. The smallest absolute Gasteiger partial charge is 0.229 e. The SMILES string of the molecule is CS(=O)(=O)Nc1ccc(Cl)c(NC2CCN(C3CC3)C2)c1. The maximum Gasteiger partial charge on any atom is 0.229 e. The molecule has 3 rings (SSSR count). The molecule has 1 aliphatic heterocycles. The average Bonchev–Trinajstić information content (AvgIpc) is 3.13. The van der Waals surface area contributed by atoms with Crippen molar-refractivity contribution in [2.75, 3.05) is 29.4 Å². The van der Waals surface area contributed by atoms with Crippen LogP contribution >= 0.6 is 11.6 Å². The molecule has 2 aliphatic rings. The van der Waals surface area contributed by atoms with Crippen molar-refractivity contribution in [3.63, 3.8) is 0 Å². The fourth-order valence-corrected chi connectivity index (χ4v) is 3.54. The highest BCUT2D eigenvalue weighted by atomic mass is 35.5. The second-order valence-electron chi connectivity index (χ2n) is 5.92. The molecule has 0 aromatic heterocycles. The highest BCUT2D eigenvalue weighted by Gasteiger charge is 2.34. The van der Waals surface area contributed by atoms with Crippen LogP contribution in [0.4, 0.5) is 11.4 Å². The molecule has 5 nitrogen and oxygen atoms in total. The van der Waals surface area contributed by atoms with Crippen molar-refractivity contribution in [1.29, 1.82) is 0 Å². The number of sulfonamides is 1. The summed E-state index contributed by atoms with van der Waals surface area (Å²) in [4.78, 5) is 2.52. The van der Waals surface area contributed by atoms with Crippen LogP contribution in [-0.4, -0.2) is 44.7 Å². The summed E-state index contributed by atoms with van der Waals surface area (Å²) in [6.45, 7) is 2.16. The molecule has 1 aliphatic carbocycles. The Kier molecular flexibility index (Phi) is 4.03. The summed E-state index contributed by atoms with van der Waals surface area (Å²) in [5.74, 6) is 0. The molecule has 1 saturated carbocycles. The summed E-state index contributed by atoms with van der Waals surface area (Å²) < 4.78 is 25.1. The van der Waals surface area contributed by atoms with E-state index in [4.69, 9.17) is 11.6 Å². The highest BCUT2D eigenvalue weighted by Crippen LogP contribution is 2.32. The van der Waals surface area contributed by atoms with Gasteiger partial charge in [0.1, 0.15) is 0 Å². The molecular weight excluding hydrogens is 310 g/mol. The number of halogens is 1. The lowest BCUT2D eigenvalue weighted by Gasteiger charge is -2.18. The quantitative estimate of drug-likeness (QED) is 0.870. The van der Waals surface area contributed by atoms with Crippen molar-refractivity contribution in [1.82, 2.24) is 4.90 Å². The van der Waals surface area contributed by atoms with E-state index in [1.165, 1.54) is 12.8 Å². The topological polar surface area (TPSA) is 61.4 Å². The van der Waals surface area contributed by atoms with E-state index in [1.54, 1.807) is 18.2 Å². The minimum Gasteiger partial charge on any atom is -0.380 e. The van der Waals surface area contributed by atoms with Gasteiger partial charge in [-0.15, -0.1) is 0 Å². The van der Waals surface area contributed by atoms with Crippen LogP contribution in [0.1, 0.15) is 19.3 Å². The van der Waals surface area contributed by atoms with Crippen LogP contribution in [0.2, 0.25) is 5.02 Å². The van der Waals surface area contributed by atoms with Crippen molar-refractivity contribution in [2.24, 2.45) is 0 Å². The molecule has 2 N–H and O–H groups in total. The molecule has 1 heterocycles. The van der Waals surface area contributed by atoms with E-state index in [1.807, 2.05) is 0 Å². The van der Waals surface area contributed by atoms with Crippen LogP contribution in [0.25, 0.3) is 0 Å². The van der Waals surface area contributed by atoms with E-state index >= 15 is 0 Å². The molecule has 0 bridgehead atoms. The fraction of sp³-hybridized carbons (Fsp3) is 0.571. The monoisotopic (exact) mass is 329 g/mol. The summed E-state index contributed by atoms with van der Waals surface area (Å²) >= 11 is 6.20. The molecule has 0 radical (unpaired) electrons. The van der Waals surface area contributed by atoms with Gasteiger partial charge >= 0.3 is 0 Å². The van der Waals surface area contributed by atoms with E-state index in [0.29, 0.717) is 16.8 Å². The first-order chi connectivity index (χ1) is 9.90. The van der Waals surface area contributed by atoms with Gasteiger partial charge in [-0.3, -0.25) is 9.62 Å². The Labute approximate surface area is 130 Å². The summed E-state index contributed by atoms with van der Waals surface area (Å²) in [7, 11) is -3.27. The molecule has 116 valence electrons. The van der Waals surface area contributed by atoms with Crippen molar-refractivity contribution >= 4 is 33.0 Å². The molecule has 1 atom stereocenters. The molecule has 1 aromatic rings. The van der Waals surface area contributed by atoms with E-state index < -0.39 is 10.0 Å².